The Hall–Kier alpha value is -4.60. The molecule has 4 aromatic heterocycles. The molecule has 1 N–H and O–H groups in total. The Morgan fingerprint density at radius 3 is 2.31 bits per heavy atom. The number of nitrogens with one attached hydrogen (secondary N) is 1. The van der Waals surface area contributed by atoms with Crippen LogP contribution in [-0.4, -0.2) is 48.4 Å². The summed E-state index contributed by atoms with van der Waals surface area (Å²) in [4.78, 5) is 17.7. The van der Waals surface area contributed by atoms with Crippen molar-refractivity contribution in [2.75, 3.05) is 12.4 Å². The number of benzene rings is 1. The molecule has 0 saturated heterocycles. The highest BCUT2D eigenvalue weighted by molar-refractivity contribution is 5.97. The second-order valence-corrected chi connectivity index (χ2v) is 8.77. The molecule has 0 spiro atoms. The van der Waals surface area contributed by atoms with Gasteiger partial charge in [-0.05, 0) is 37.6 Å². The third kappa shape index (κ3) is 4.40. The quantitative estimate of drug-likeness (QED) is 0.362. The summed E-state index contributed by atoms with van der Waals surface area (Å²) in [5.41, 5.74) is 4.87. The van der Waals surface area contributed by atoms with Crippen LogP contribution in [0.5, 0.6) is 5.75 Å². The molecule has 5 rings (SSSR count). The summed E-state index contributed by atoms with van der Waals surface area (Å²) in [6.07, 6.45) is 8.33. The summed E-state index contributed by atoms with van der Waals surface area (Å²) in [6, 6.07) is 9.60. The predicted molar refractivity (Wildman–Crippen MR) is 137 cm³/mol. The molecule has 0 aliphatic rings. The number of ether oxygens (including phenoxy) is 2. The SMILES string of the molecule is COc1cc(-c2cnn(C)c2)ccc1Nc1cc2c(cn1)cc(-c1cnn(C)c1)n2C(=O)OC(C)C. The first-order chi connectivity index (χ1) is 17.3. The van der Waals surface area contributed by atoms with Crippen LogP contribution in [0.25, 0.3) is 33.3 Å². The Kier molecular flexibility index (Phi) is 5.93. The summed E-state index contributed by atoms with van der Waals surface area (Å²) >= 11 is 0. The van der Waals surface area contributed by atoms with Gasteiger partial charge >= 0.3 is 6.09 Å². The molecule has 0 bridgehead atoms. The molecule has 10 nitrogen and oxygen atoms in total. The first kappa shape index (κ1) is 23.2. The lowest BCUT2D eigenvalue weighted by molar-refractivity contribution is 0.118. The highest BCUT2D eigenvalue weighted by Crippen LogP contribution is 2.34. The highest BCUT2D eigenvalue weighted by Gasteiger charge is 2.20. The number of carbonyl (C=O) groups is 1. The van der Waals surface area contributed by atoms with Gasteiger partial charge in [-0.2, -0.15) is 10.2 Å². The Labute approximate surface area is 208 Å². The van der Waals surface area contributed by atoms with Gasteiger partial charge in [0.2, 0.25) is 0 Å². The maximum atomic E-state index is 13.1. The topological polar surface area (TPSA) is 101 Å². The van der Waals surface area contributed by atoms with E-state index >= 15 is 0 Å². The zero-order chi connectivity index (χ0) is 25.4. The van der Waals surface area contributed by atoms with E-state index in [9.17, 15) is 4.79 Å². The van der Waals surface area contributed by atoms with Crippen LogP contribution in [-0.2, 0) is 18.8 Å². The zero-order valence-corrected chi connectivity index (χ0v) is 20.8. The van der Waals surface area contributed by atoms with E-state index in [1.54, 1.807) is 33.4 Å². The van der Waals surface area contributed by atoms with Crippen LogP contribution < -0.4 is 10.1 Å². The number of fused-ring (bicyclic) bond motifs is 1. The third-order valence-corrected chi connectivity index (χ3v) is 5.71. The van der Waals surface area contributed by atoms with Gasteiger partial charge in [0, 0.05) is 55.3 Å². The van der Waals surface area contributed by atoms with Crippen molar-refractivity contribution < 1.29 is 14.3 Å². The molecule has 1 aromatic carbocycles. The molecule has 0 aliphatic heterocycles. The van der Waals surface area contributed by atoms with E-state index in [-0.39, 0.29) is 6.10 Å². The number of carbonyl (C=O) groups excluding carboxylic acids is 1. The fourth-order valence-corrected chi connectivity index (χ4v) is 4.07. The van der Waals surface area contributed by atoms with Gasteiger partial charge in [-0.1, -0.05) is 6.07 Å². The Bertz CT molecular complexity index is 1560. The second-order valence-electron chi connectivity index (χ2n) is 8.77. The Morgan fingerprint density at radius 1 is 0.944 bits per heavy atom. The fraction of sp³-hybridized carbons (Fsp3) is 0.231. The zero-order valence-electron chi connectivity index (χ0n) is 20.8. The predicted octanol–water partition coefficient (Wildman–Crippen LogP) is 4.98. The lowest BCUT2D eigenvalue weighted by atomic mass is 10.1. The van der Waals surface area contributed by atoms with Crippen molar-refractivity contribution in [3.8, 4) is 28.1 Å². The molecule has 0 radical (unpaired) electrons. The van der Waals surface area contributed by atoms with Gasteiger partial charge in [-0.3, -0.25) is 9.36 Å². The number of methoxy groups -OCH3 is 1. The highest BCUT2D eigenvalue weighted by atomic mass is 16.6. The number of hydrogen-bond donors (Lipinski definition) is 1. The maximum Gasteiger partial charge on any atom is 0.419 e. The first-order valence-electron chi connectivity index (χ1n) is 11.5. The second kappa shape index (κ2) is 9.21. The number of hydrogen-bond acceptors (Lipinski definition) is 7. The van der Waals surface area contributed by atoms with Crippen molar-refractivity contribution in [1.29, 1.82) is 0 Å². The molecule has 0 saturated carbocycles. The van der Waals surface area contributed by atoms with Gasteiger partial charge < -0.3 is 14.8 Å². The number of nitrogens with zero attached hydrogens (tertiary/aromatic N) is 6. The number of aromatic nitrogens is 6. The van der Waals surface area contributed by atoms with Crippen molar-refractivity contribution in [3.63, 3.8) is 0 Å². The average Bonchev–Trinajstić information content (AvgIpc) is 3.56. The molecule has 36 heavy (non-hydrogen) atoms. The molecule has 0 fully saturated rings. The normalized spacial score (nSPS) is 11.3. The van der Waals surface area contributed by atoms with Gasteiger partial charge in [0.1, 0.15) is 11.6 Å². The van der Waals surface area contributed by atoms with Crippen molar-refractivity contribution in [3.05, 3.63) is 61.3 Å². The van der Waals surface area contributed by atoms with Crippen LogP contribution in [0.4, 0.5) is 16.3 Å². The van der Waals surface area contributed by atoms with Crippen molar-refractivity contribution in [2.24, 2.45) is 14.1 Å². The number of aryl methyl sites for hydroxylation is 2. The molecule has 184 valence electrons. The summed E-state index contributed by atoms with van der Waals surface area (Å²) in [5.74, 6) is 1.22. The average molecular weight is 486 g/mol. The minimum atomic E-state index is -0.464. The van der Waals surface area contributed by atoms with E-state index in [0.717, 1.165) is 27.8 Å². The van der Waals surface area contributed by atoms with Crippen molar-refractivity contribution >= 4 is 28.5 Å². The van der Waals surface area contributed by atoms with E-state index in [0.29, 0.717) is 22.8 Å². The van der Waals surface area contributed by atoms with Crippen molar-refractivity contribution in [1.82, 2.24) is 29.1 Å². The van der Waals surface area contributed by atoms with E-state index in [4.69, 9.17) is 9.47 Å². The Balaban J connectivity index is 1.54. The van der Waals surface area contributed by atoms with Gasteiger partial charge in [0.05, 0.1) is 42.5 Å². The van der Waals surface area contributed by atoms with Crippen LogP contribution in [0.15, 0.2) is 61.3 Å². The number of anilines is 2. The van der Waals surface area contributed by atoms with Gasteiger partial charge in [0.25, 0.3) is 0 Å². The number of pyridine rings is 1. The summed E-state index contributed by atoms with van der Waals surface area (Å²) < 4.78 is 16.2. The smallest absolute Gasteiger partial charge is 0.419 e. The molecule has 0 amide bonds. The van der Waals surface area contributed by atoms with Gasteiger partial charge in [-0.25, -0.2) is 14.3 Å². The fourth-order valence-electron chi connectivity index (χ4n) is 4.07. The largest absolute Gasteiger partial charge is 0.495 e. The maximum absolute atomic E-state index is 13.1. The third-order valence-electron chi connectivity index (χ3n) is 5.71. The van der Waals surface area contributed by atoms with Crippen molar-refractivity contribution in [2.45, 2.75) is 20.0 Å². The molecule has 0 atom stereocenters. The lowest BCUT2D eigenvalue weighted by Crippen LogP contribution is -2.18. The van der Waals surface area contributed by atoms with Gasteiger partial charge in [0.15, 0.2) is 0 Å². The van der Waals surface area contributed by atoms with E-state index in [2.05, 4.69) is 20.5 Å². The van der Waals surface area contributed by atoms with Crippen LogP contribution in [0.3, 0.4) is 0 Å². The monoisotopic (exact) mass is 485 g/mol. The molecule has 5 aromatic rings. The minimum absolute atomic E-state index is 0.265. The summed E-state index contributed by atoms with van der Waals surface area (Å²) in [7, 11) is 5.34. The number of rotatable bonds is 6. The summed E-state index contributed by atoms with van der Waals surface area (Å²) in [5, 5.41) is 12.6. The Morgan fingerprint density at radius 2 is 1.67 bits per heavy atom. The van der Waals surface area contributed by atoms with Crippen LogP contribution in [0.2, 0.25) is 0 Å². The standard InChI is InChI=1S/C26H27N7O3/c1-16(2)36-26(34)33-22(20-13-29-32(4)15-20)8-18-11-27-25(10-23(18)33)30-21-7-6-17(9-24(21)35-5)19-12-28-31(3)14-19/h6-16H,1-5H3,(H,27,30). The first-order valence-corrected chi connectivity index (χ1v) is 11.5. The van der Waals surface area contributed by atoms with E-state index in [1.807, 2.05) is 76.9 Å². The molecule has 0 unspecified atom stereocenters. The molecule has 4 heterocycles. The minimum Gasteiger partial charge on any atom is -0.495 e. The molecule has 10 heteroatoms. The van der Waals surface area contributed by atoms with Crippen LogP contribution in [0, 0.1) is 0 Å². The lowest BCUT2D eigenvalue weighted by Gasteiger charge is -2.14. The van der Waals surface area contributed by atoms with E-state index < -0.39 is 6.09 Å². The van der Waals surface area contributed by atoms with Crippen LogP contribution in [0.1, 0.15) is 13.8 Å². The van der Waals surface area contributed by atoms with Crippen LogP contribution >= 0.6 is 0 Å². The molecular weight excluding hydrogens is 458 g/mol. The summed E-state index contributed by atoms with van der Waals surface area (Å²) in [6.45, 7) is 3.65. The molecular formula is C26H27N7O3. The molecule has 0 aliphatic carbocycles. The van der Waals surface area contributed by atoms with Gasteiger partial charge in [-0.15, -0.1) is 0 Å². The van der Waals surface area contributed by atoms with E-state index in [1.165, 1.54) is 0 Å².